The summed E-state index contributed by atoms with van der Waals surface area (Å²) >= 11 is 0. The molecule has 0 aliphatic carbocycles. The van der Waals surface area contributed by atoms with Gasteiger partial charge in [-0.2, -0.15) is 5.10 Å². The van der Waals surface area contributed by atoms with Crippen LogP contribution < -0.4 is 5.32 Å². The van der Waals surface area contributed by atoms with Crippen molar-refractivity contribution in [1.29, 1.82) is 0 Å². The van der Waals surface area contributed by atoms with Crippen LogP contribution in [-0.2, 0) is 0 Å². The van der Waals surface area contributed by atoms with Gasteiger partial charge in [0.1, 0.15) is 0 Å². The van der Waals surface area contributed by atoms with Crippen LogP contribution in [0.5, 0.6) is 0 Å². The highest BCUT2D eigenvalue weighted by molar-refractivity contribution is 5.97. The molecule has 1 unspecified atom stereocenters. The number of hydrogen-bond donors (Lipinski definition) is 1. The van der Waals surface area contributed by atoms with Gasteiger partial charge in [-0.3, -0.25) is 4.79 Å². The molecule has 1 amide bonds. The number of hydrogen-bond acceptors (Lipinski definition) is 3. The Morgan fingerprint density at radius 2 is 1.96 bits per heavy atom. The number of nitrogens with zero attached hydrogens (tertiary/aromatic N) is 3. The summed E-state index contributed by atoms with van der Waals surface area (Å²) < 4.78 is 1.86. The van der Waals surface area contributed by atoms with E-state index in [1.165, 1.54) is 0 Å². The third kappa shape index (κ3) is 3.71. The summed E-state index contributed by atoms with van der Waals surface area (Å²) in [5.41, 5.74) is 2.49. The normalized spacial score (nSPS) is 12.5. The molecule has 0 radical (unpaired) electrons. The van der Waals surface area contributed by atoms with E-state index in [0.29, 0.717) is 5.56 Å². The molecule has 0 bridgehead atoms. The van der Waals surface area contributed by atoms with Crippen LogP contribution in [0.2, 0.25) is 0 Å². The fourth-order valence-corrected chi connectivity index (χ4v) is 2.98. The predicted molar refractivity (Wildman–Crippen MR) is 99.5 cm³/mol. The molecule has 0 saturated carbocycles. The van der Waals surface area contributed by atoms with E-state index in [9.17, 15) is 4.79 Å². The standard InChI is InChI=1S/C20H24N4O/c1-4-8-18(15-9-6-5-7-10-15)23-20(25)17-11-16-13-22-24(14(2)3)19(16)21-12-17/h5-7,9-14,18H,4,8H2,1-3H3,(H,23,25). The summed E-state index contributed by atoms with van der Waals surface area (Å²) in [4.78, 5) is 17.2. The maximum Gasteiger partial charge on any atom is 0.253 e. The number of carbonyl (C=O) groups is 1. The molecule has 1 N–H and O–H groups in total. The van der Waals surface area contributed by atoms with Crippen LogP contribution in [-0.4, -0.2) is 20.7 Å². The molecule has 3 aromatic rings. The molecule has 0 aliphatic heterocycles. The van der Waals surface area contributed by atoms with Crippen LogP contribution in [0.1, 0.15) is 61.6 Å². The first-order valence-electron chi connectivity index (χ1n) is 8.79. The molecule has 3 rings (SSSR count). The Bertz CT molecular complexity index is 855. The lowest BCUT2D eigenvalue weighted by atomic mass is 10.0. The third-order valence-corrected chi connectivity index (χ3v) is 4.27. The molecule has 1 aromatic carbocycles. The van der Waals surface area contributed by atoms with Crippen LogP contribution in [0.15, 0.2) is 48.8 Å². The molecule has 0 fully saturated rings. The third-order valence-electron chi connectivity index (χ3n) is 4.27. The van der Waals surface area contributed by atoms with E-state index < -0.39 is 0 Å². The minimum Gasteiger partial charge on any atom is -0.345 e. The summed E-state index contributed by atoms with van der Waals surface area (Å²) in [5, 5.41) is 8.38. The number of fused-ring (bicyclic) bond motifs is 1. The van der Waals surface area contributed by atoms with Gasteiger partial charge in [0, 0.05) is 17.6 Å². The van der Waals surface area contributed by atoms with Crippen molar-refractivity contribution in [1.82, 2.24) is 20.1 Å². The number of benzene rings is 1. The molecular formula is C20H24N4O. The molecule has 130 valence electrons. The highest BCUT2D eigenvalue weighted by Crippen LogP contribution is 2.20. The Balaban J connectivity index is 1.83. The van der Waals surface area contributed by atoms with Crippen molar-refractivity contribution in [3.05, 3.63) is 59.9 Å². The lowest BCUT2D eigenvalue weighted by Crippen LogP contribution is -2.28. The number of aromatic nitrogens is 3. The Morgan fingerprint density at radius 1 is 1.20 bits per heavy atom. The maximum absolute atomic E-state index is 12.7. The fraction of sp³-hybridized carbons (Fsp3) is 0.350. The van der Waals surface area contributed by atoms with Gasteiger partial charge in [-0.25, -0.2) is 9.67 Å². The zero-order valence-corrected chi connectivity index (χ0v) is 14.9. The zero-order valence-electron chi connectivity index (χ0n) is 14.9. The van der Waals surface area contributed by atoms with Gasteiger partial charge >= 0.3 is 0 Å². The molecule has 25 heavy (non-hydrogen) atoms. The number of rotatable bonds is 6. The van der Waals surface area contributed by atoms with Crippen molar-refractivity contribution >= 4 is 16.9 Å². The van der Waals surface area contributed by atoms with Gasteiger partial charge in [-0.15, -0.1) is 0 Å². The Morgan fingerprint density at radius 3 is 2.64 bits per heavy atom. The quantitative estimate of drug-likeness (QED) is 0.731. The summed E-state index contributed by atoms with van der Waals surface area (Å²) in [6.45, 7) is 6.24. The number of amides is 1. The fourth-order valence-electron chi connectivity index (χ4n) is 2.98. The molecule has 5 heteroatoms. The molecular weight excluding hydrogens is 312 g/mol. The molecule has 0 spiro atoms. The Kier molecular flexibility index (Phi) is 5.12. The van der Waals surface area contributed by atoms with E-state index in [1.807, 2.05) is 28.9 Å². The SMILES string of the molecule is CCCC(NC(=O)c1cnc2c(cnn2C(C)C)c1)c1ccccc1. The second-order valence-electron chi connectivity index (χ2n) is 6.55. The molecule has 1 atom stereocenters. The van der Waals surface area contributed by atoms with Gasteiger partial charge in [-0.1, -0.05) is 43.7 Å². The first-order valence-corrected chi connectivity index (χ1v) is 8.79. The smallest absolute Gasteiger partial charge is 0.253 e. The monoisotopic (exact) mass is 336 g/mol. The Hall–Kier alpha value is -2.69. The van der Waals surface area contributed by atoms with E-state index in [2.05, 4.69) is 48.3 Å². The molecule has 0 aliphatic rings. The van der Waals surface area contributed by atoms with Crippen LogP contribution in [0.25, 0.3) is 11.0 Å². The van der Waals surface area contributed by atoms with Crippen molar-refractivity contribution in [2.24, 2.45) is 0 Å². The average molecular weight is 336 g/mol. The summed E-state index contributed by atoms with van der Waals surface area (Å²) in [6.07, 6.45) is 5.29. The Labute approximate surface area is 148 Å². The molecule has 5 nitrogen and oxygen atoms in total. The van der Waals surface area contributed by atoms with Gasteiger partial charge in [-0.05, 0) is 31.9 Å². The first kappa shape index (κ1) is 17.1. The topological polar surface area (TPSA) is 59.8 Å². The number of nitrogens with one attached hydrogen (secondary N) is 1. The van der Waals surface area contributed by atoms with Gasteiger partial charge in [0.05, 0.1) is 17.8 Å². The second-order valence-corrected chi connectivity index (χ2v) is 6.55. The largest absolute Gasteiger partial charge is 0.345 e. The van der Waals surface area contributed by atoms with E-state index in [0.717, 1.165) is 29.4 Å². The minimum absolute atomic E-state index is 0.00721. The summed E-state index contributed by atoms with van der Waals surface area (Å²) in [6, 6.07) is 12.2. The highest BCUT2D eigenvalue weighted by Gasteiger charge is 2.16. The average Bonchev–Trinajstić information content (AvgIpc) is 3.05. The lowest BCUT2D eigenvalue weighted by Gasteiger charge is -2.18. The minimum atomic E-state index is -0.103. The molecule has 0 saturated heterocycles. The van der Waals surface area contributed by atoms with Gasteiger partial charge < -0.3 is 5.32 Å². The van der Waals surface area contributed by atoms with Crippen molar-refractivity contribution < 1.29 is 4.79 Å². The van der Waals surface area contributed by atoms with Crippen molar-refractivity contribution in [3.63, 3.8) is 0 Å². The van der Waals surface area contributed by atoms with E-state index in [1.54, 1.807) is 12.4 Å². The molecule has 2 heterocycles. The zero-order chi connectivity index (χ0) is 17.8. The van der Waals surface area contributed by atoms with Crippen molar-refractivity contribution in [3.8, 4) is 0 Å². The number of pyridine rings is 1. The maximum atomic E-state index is 12.7. The lowest BCUT2D eigenvalue weighted by molar-refractivity contribution is 0.0934. The first-order chi connectivity index (χ1) is 12.1. The van der Waals surface area contributed by atoms with Crippen LogP contribution in [0, 0.1) is 0 Å². The summed E-state index contributed by atoms with van der Waals surface area (Å²) in [7, 11) is 0. The van der Waals surface area contributed by atoms with Crippen LogP contribution in [0.4, 0.5) is 0 Å². The van der Waals surface area contributed by atoms with E-state index in [4.69, 9.17) is 0 Å². The predicted octanol–water partition coefficient (Wildman–Crippen LogP) is 4.28. The van der Waals surface area contributed by atoms with Gasteiger partial charge in [0.15, 0.2) is 5.65 Å². The van der Waals surface area contributed by atoms with E-state index >= 15 is 0 Å². The van der Waals surface area contributed by atoms with Gasteiger partial charge in [0.25, 0.3) is 5.91 Å². The van der Waals surface area contributed by atoms with Crippen molar-refractivity contribution in [2.75, 3.05) is 0 Å². The summed E-state index contributed by atoms with van der Waals surface area (Å²) in [5.74, 6) is -0.103. The van der Waals surface area contributed by atoms with Gasteiger partial charge in [0.2, 0.25) is 0 Å². The van der Waals surface area contributed by atoms with Crippen LogP contribution >= 0.6 is 0 Å². The number of carbonyl (C=O) groups excluding carboxylic acids is 1. The van der Waals surface area contributed by atoms with Crippen molar-refractivity contribution in [2.45, 2.75) is 45.7 Å². The van der Waals surface area contributed by atoms with Crippen LogP contribution in [0.3, 0.4) is 0 Å². The van der Waals surface area contributed by atoms with E-state index in [-0.39, 0.29) is 18.0 Å². The highest BCUT2D eigenvalue weighted by atomic mass is 16.1. The second kappa shape index (κ2) is 7.47. The molecule has 2 aromatic heterocycles.